The van der Waals surface area contributed by atoms with Crippen molar-refractivity contribution in [3.8, 4) is 0 Å². The number of hydrogen-bond donors (Lipinski definition) is 2. The van der Waals surface area contributed by atoms with Crippen molar-refractivity contribution in [2.75, 3.05) is 18.8 Å². The van der Waals surface area contributed by atoms with Crippen molar-refractivity contribution in [2.24, 2.45) is 0 Å². The molecule has 1 aromatic rings. The average molecular weight is 352 g/mol. The molecule has 1 heterocycles. The molecule has 0 saturated carbocycles. The first kappa shape index (κ1) is 16.4. The number of hydrogen-bond acceptors (Lipinski definition) is 4. The van der Waals surface area contributed by atoms with E-state index in [0.29, 0.717) is 13.0 Å². The molecule has 0 bridgehead atoms. The van der Waals surface area contributed by atoms with Crippen LogP contribution in [0.4, 0.5) is 5.69 Å². The molecule has 1 aliphatic rings. The number of carbonyl (C=O) groups excluding carboxylic acids is 1. The maximum absolute atomic E-state index is 12.6. The summed E-state index contributed by atoms with van der Waals surface area (Å²) in [6.07, 6.45) is 0.546. The van der Waals surface area contributed by atoms with Gasteiger partial charge < -0.3 is 11.1 Å². The van der Waals surface area contributed by atoms with Crippen LogP contribution in [0.25, 0.3) is 0 Å². The van der Waals surface area contributed by atoms with Crippen LogP contribution < -0.4 is 11.1 Å². The van der Waals surface area contributed by atoms with E-state index in [4.69, 9.17) is 28.9 Å². The fraction of sp³-hybridized carbons (Fsp3) is 0.417. The second-order valence-corrected chi connectivity index (χ2v) is 7.57. The predicted octanol–water partition coefficient (Wildman–Crippen LogP) is 1.47. The summed E-state index contributed by atoms with van der Waals surface area (Å²) in [6, 6.07) is 2.49. The summed E-state index contributed by atoms with van der Waals surface area (Å²) in [5.41, 5.74) is 5.76. The van der Waals surface area contributed by atoms with Crippen molar-refractivity contribution < 1.29 is 13.2 Å². The average Bonchev–Trinajstić information content (AvgIpc) is 2.75. The molecule has 0 radical (unpaired) electrons. The smallest absolute Gasteiger partial charge is 0.246 e. The van der Waals surface area contributed by atoms with E-state index in [2.05, 4.69) is 5.32 Å². The number of nitrogens with two attached hydrogens (primary N) is 1. The van der Waals surface area contributed by atoms with Gasteiger partial charge in [-0.1, -0.05) is 23.2 Å². The first-order chi connectivity index (χ1) is 9.71. The zero-order valence-corrected chi connectivity index (χ0v) is 13.6. The first-order valence-electron chi connectivity index (χ1n) is 6.23. The van der Waals surface area contributed by atoms with Crippen LogP contribution in [0.2, 0.25) is 10.0 Å². The highest BCUT2D eigenvalue weighted by Crippen LogP contribution is 2.34. The van der Waals surface area contributed by atoms with E-state index < -0.39 is 10.0 Å². The topological polar surface area (TPSA) is 92.5 Å². The van der Waals surface area contributed by atoms with Gasteiger partial charge in [-0.2, -0.15) is 4.31 Å². The molecule has 9 heteroatoms. The molecule has 0 aromatic heterocycles. The van der Waals surface area contributed by atoms with Gasteiger partial charge in [0.2, 0.25) is 15.9 Å². The van der Waals surface area contributed by atoms with Gasteiger partial charge in [-0.15, -0.1) is 0 Å². The molecule has 2 rings (SSSR count). The molecule has 1 aliphatic heterocycles. The number of sulfonamides is 1. The number of halogens is 2. The van der Waals surface area contributed by atoms with Gasteiger partial charge in [0, 0.05) is 31.1 Å². The Hall–Kier alpha value is -1.02. The summed E-state index contributed by atoms with van der Waals surface area (Å²) < 4.78 is 26.5. The maximum Gasteiger partial charge on any atom is 0.246 e. The summed E-state index contributed by atoms with van der Waals surface area (Å²) >= 11 is 11.8. The maximum atomic E-state index is 12.6. The van der Waals surface area contributed by atoms with Crippen molar-refractivity contribution in [1.82, 2.24) is 9.62 Å². The lowest BCUT2D eigenvalue weighted by atomic mass is 10.3. The monoisotopic (exact) mass is 351 g/mol. The van der Waals surface area contributed by atoms with Crippen molar-refractivity contribution in [1.29, 1.82) is 0 Å². The van der Waals surface area contributed by atoms with Crippen LogP contribution in [0, 0.1) is 0 Å². The SMILES string of the molecule is CC(=O)NC1CCN(S(=O)(=O)c2c(N)cc(Cl)cc2Cl)C1. The molecular formula is C12H15Cl2N3O3S. The van der Waals surface area contributed by atoms with Crippen LogP contribution in [0.15, 0.2) is 17.0 Å². The third-order valence-electron chi connectivity index (χ3n) is 3.19. The minimum atomic E-state index is -3.82. The molecule has 1 atom stereocenters. The third kappa shape index (κ3) is 3.42. The highest BCUT2D eigenvalue weighted by atomic mass is 35.5. The number of rotatable bonds is 3. The summed E-state index contributed by atoms with van der Waals surface area (Å²) in [4.78, 5) is 10.9. The first-order valence-corrected chi connectivity index (χ1v) is 8.43. The van der Waals surface area contributed by atoms with Gasteiger partial charge in [0.1, 0.15) is 4.90 Å². The second kappa shape index (κ2) is 6.00. The van der Waals surface area contributed by atoms with Gasteiger partial charge >= 0.3 is 0 Å². The zero-order valence-electron chi connectivity index (χ0n) is 11.3. The van der Waals surface area contributed by atoms with E-state index in [1.165, 1.54) is 23.4 Å². The number of carbonyl (C=O) groups is 1. The lowest BCUT2D eigenvalue weighted by Gasteiger charge is -2.19. The Balaban J connectivity index is 2.30. The number of nitrogen functional groups attached to an aromatic ring is 1. The fourth-order valence-electron chi connectivity index (χ4n) is 2.33. The van der Waals surface area contributed by atoms with Crippen molar-refractivity contribution in [3.63, 3.8) is 0 Å². The van der Waals surface area contributed by atoms with Gasteiger partial charge in [0.15, 0.2) is 0 Å². The van der Waals surface area contributed by atoms with E-state index in [1.54, 1.807) is 0 Å². The summed E-state index contributed by atoms with van der Waals surface area (Å²) in [6.45, 7) is 1.89. The fourth-order valence-corrected chi connectivity index (χ4v) is 4.78. The van der Waals surface area contributed by atoms with Crippen LogP contribution in [0.1, 0.15) is 13.3 Å². The van der Waals surface area contributed by atoms with E-state index in [-0.39, 0.29) is 39.1 Å². The van der Waals surface area contributed by atoms with Crippen molar-refractivity contribution >= 4 is 44.8 Å². The van der Waals surface area contributed by atoms with Gasteiger partial charge in [0.05, 0.1) is 10.7 Å². The minimum absolute atomic E-state index is 0.00970. The molecule has 0 aliphatic carbocycles. The number of nitrogens with one attached hydrogen (secondary N) is 1. The zero-order chi connectivity index (χ0) is 15.8. The molecule has 1 fully saturated rings. The molecule has 0 spiro atoms. The van der Waals surface area contributed by atoms with Gasteiger partial charge in [-0.3, -0.25) is 4.79 Å². The lowest BCUT2D eigenvalue weighted by molar-refractivity contribution is -0.119. The molecule has 1 unspecified atom stereocenters. The quantitative estimate of drug-likeness (QED) is 0.806. The Morgan fingerprint density at radius 3 is 2.67 bits per heavy atom. The molecule has 6 nitrogen and oxygen atoms in total. The molecule has 116 valence electrons. The van der Waals surface area contributed by atoms with E-state index >= 15 is 0 Å². The largest absolute Gasteiger partial charge is 0.398 e. The van der Waals surface area contributed by atoms with Gasteiger partial charge in [0.25, 0.3) is 0 Å². The third-order valence-corrected chi connectivity index (χ3v) is 5.80. The Bertz CT molecular complexity index is 655. The Morgan fingerprint density at radius 1 is 1.43 bits per heavy atom. The lowest BCUT2D eigenvalue weighted by Crippen LogP contribution is -2.37. The standard InChI is InChI=1S/C12H15Cl2N3O3S/c1-7(18)16-9-2-3-17(6-9)21(19,20)12-10(14)4-8(13)5-11(12)15/h4-5,9H,2-3,6,15H2,1H3,(H,16,18). The van der Waals surface area contributed by atoms with Gasteiger partial charge in [-0.05, 0) is 18.6 Å². The van der Waals surface area contributed by atoms with Crippen molar-refractivity contribution in [3.05, 3.63) is 22.2 Å². The molecule has 1 amide bonds. The minimum Gasteiger partial charge on any atom is -0.398 e. The number of amides is 1. The number of anilines is 1. The summed E-state index contributed by atoms with van der Waals surface area (Å²) in [5, 5.41) is 2.96. The Kier molecular flexibility index (Phi) is 4.67. The van der Waals surface area contributed by atoms with Crippen LogP contribution in [-0.4, -0.2) is 37.8 Å². The second-order valence-electron chi connectivity index (χ2n) is 4.86. The number of benzene rings is 1. The summed E-state index contributed by atoms with van der Waals surface area (Å²) in [7, 11) is -3.82. The van der Waals surface area contributed by atoms with Crippen LogP contribution in [0.5, 0.6) is 0 Å². The summed E-state index contributed by atoms with van der Waals surface area (Å²) in [5.74, 6) is -0.191. The predicted molar refractivity (Wildman–Crippen MR) is 81.9 cm³/mol. The Morgan fingerprint density at radius 2 is 2.10 bits per heavy atom. The molecular weight excluding hydrogens is 337 g/mol. The van der Waals surface area contributed by atoms with Crippen LogP contribution >= 0.6 is 23.2 Å². The van der Waals surface area contributed by atoms with E-state index in [9.17, 15) is 13.2 Å². The highest BCUT2D eigenvalue weighted by Gasteiger charge is 2.35. The van der Waals surface area contributed by atoms with E-state index in [0.717, 1.165) is 0 Å². The molecule has 1 aromatic carbocycles. The van der Waals surface area contributed by atoms with Crippen molar-refractivity contribution in [2.45, 2.75) is 24.3 Å². The number of nitrogens with zero attached hydrogens (tertiary/aromatic N) is 1. The van der Waals surface area contributed by atoms with E-state index in [1.807, 2.05) is 0 Å². The Labute approximate surface area is 133 Å². The van der Waals surface area contributed by atoms with Crippen LogP contribution in [0.3, 0.4) is 0 Å². The van der Waals surface area contributed by atoms with Gasteiger partial charge in [-0.25, -0.2) is 8.42 Å². The highest BCUT2D eigenvalue weighted by molar-refractivity contribution is 7.89. The normalized spacial score (nSPS) is 19.7. The van der Waals surface area contributed by atoms with Crippen LogP contribution in [-0.2, 0) is 14.8 Å². The molecule has 3 N–H and O–H groups in total. The molecule has 21 heavy (non-hydrogen) atoms. The molecule has 1 saturated heterocycles.